The zero-order valence-corrected chi connectivity index (χ0v) is 13.2. The fourth-order valence-corrected chi connectivity index (χ4v) is 3.18. The molecular weight excluding hydrogens is 292 g/mol. The van der Waals surface area contributed by atoms with E-state index in [0.29, 0.717) is 24.2 Å². The summed E-state index contributed by atoms with van der Waals surface area (Å²) in [5, 5.41) is 8.88. The smallest absolute Gasteiger partial charge is 0.254 e. The van der Waals surface area contributed by atoms with E-state index in [-0.39, 0.29) is 18.1 Å². The lowest BCUT2D eigenvalue weighted by Crippen LogP contribution is -2.42. The van der Waals surface area contributed by atoms with Crippen LogP contribution in [0.3, 0.4) is 0 Å². The van der Waals surface area contributed by atoms with Crippen LogP contribution in [0.2, 0.25) is 0 Å². The number of nitrogens with zero attached hydrogens (tertiary/aromatic N) is 2. The molecule has 1 aromatic rings. The zero-order chi connectivity index (χ0) is 16.1. The van der Waals surface area contributed by atoms with Crippen LogP contribution in [0.15, 0.2) is 24.3 Å². The largest absolute Gasteiger partial charge is 0.376 e. The highest BCUT2D eigenvalue weighted by Crippen LogP contribution is 2.19. The summed E-state index contributed by atoms with van der Waals surface area (Å²) in [5.41, 5.74) is 1.17. The van der Waals surface area contributed by atoms with Crippen molar-refractivity contribution in [3.8, 4) is 6.07 Å². The van der Waals surface area contributed by atoms with Gasteiger partial charge in [-0.05, 0) is 49.9 Å². The molecule has 2 atom stereocenters. The van der Waals surface area contributed by atoms with Crippen molar-refractivity contribution < 1.29 is 14.3 Å². The summed E-state index contributed by atoms with van der Waals surface area (Å²) in [4.78, 5) is 14.7. The lowest BCUT2D eigenvalue weighted by atomic mass is 10.1. The van der Waals surface area contributed by atoms with Gasteiger partial charge in [-0.3, -0.25) is 4.79 Å². The third-order valence-electron chi connectivity index (χ3n) is 4.44. The van der Waals surface area contributed by atoms with E-state index >= 15 is 0 Å². The van der Waals surface area contributed by atoms with Crippen LogP contribution >= 0.6 is 0 Å². The molecule has 0 bridgehead atoms. The second-order valence-electron chi connectivity index (χ2n) is 6.17. The predicted molar refractivity (Wildman–Crippen MR) is 85.0 cm³/mol. The first-order chi connectivity index (χ1) is 11.3. The Bertz CT molecular complexity index is 549. The molecule has 5 nitrogen and oxygen atoms in total. The molecule has 3 rings (SSSR count). The molecule has 0 spiro atoms. The number of carbonyl (C=O) groups excluding carboxylic acids is 1. The van der Waals surface area contributed by atoms with Crippen LogP contribution in [0.25, 0.3) is 0 Å². The standard InChI is InChI=1S/C18H22N2O3/c19-11-14-5-7-15(8-6-14)18(21)20(12-16-3-1-9-22-16)13-17-4-2-10-23-17/h5-8,16-17H,1-4,9-10,12-13H2/t16-,17-/m1/s1. The van der Waals surface area contributed by atoms with Crippen molar-refractivity contribution in [1.29, 1.82) is 5.26 Å². The minimum Gasteiger partial charge on any atom is -0.376 e. The summed E-state index contributed by atoms with van der Waals surface area (Å²) in [6, 6.07) is 8.89. The van der Waals surface area contributed by atoms with Crippen LogP contribution in [0, 0.1) is 11.3 Å². The monoisotopic (exact) mass is 314 g/mol. The molecule has 2 aliphatic rings. The molecule has 2 saturated heterocycles. The zero-order valence-electron chi connectivity index (χ0n) is 13.2. The van der Waals surface area contributed by atoms with Crippen LogP contribution in [0.1, 0.15) is 41.6 Å². The van der Waals surface area contributed by atoms with Crippen LogP contribution in [0.4, 0.5) is 0 Å². The quantitative estimate of drug-likeness (QED) is 0.837. The van der Waals surface area contributed by atoms with E-state index in [0.717, 1.165) is 38.9 Å². The molecule has 1 amide bonds. The Balaban J connectivity index is 1.71. The van der Waals surface area contributed by atoms with E-state index in [2.05, 4.69) is 6.07 Å². The fourth-order valence-electron chi connectivity index (χ4n) is 3.18. The molecule has 2 fully saturated rings. The van der Waals surface area contributed by atoms with Gasteiger partial charge < -0.3 is 14.4 Å². The summed E-state index contributed by atoms with van der Waals surface area (Å²) in [7, 11) is 0. The number of amides is 1. The molecule has 0 aromatic heterocycles. The van der Waals surface area contributed by atoms with Crippen LogP contribution < -0.4 is 0 Å². The van der Waals surface area contributed by atoms with Crippen molar-refractivity contribution in [2.45, 2.75) is 37.9 Å². The van der Waals surface area contributed by atoms with Crippen molar-refractivity contribution in [3.05, 3.63) is 35.4 Å². The Hall–Kier alpha value is -1.90. The third kappa shape index (κ3) is 4.10. The van der Waals surface area contributed by atoms with Crippen LogP contribution in [-0.2, 0) is 9.47 Å². The van der Waals surface area contributed by atoms with E-state index in [9.17, 15) is 4.79 Å². The number of nitriles is 1. The fraction of sp³-hybridized carbons (Fsp3) is 0.556. The van der Waals surface area contributed by atoms with Gasteiger partial charge >= 0.3 is 0 Å². The van der Waals surface area contributed by atoms with Gasteiger partial charge in [-0.15, -0.1) is 0 Å². The van der Waals surface area contributed by atoms with Gasteiger partial charge in [0.05, 0.1) is 23.8 Å². The van der Waals surface area contributed by atoms with Crippen molar-refractivity contribution in [1.82, 2.24) is 4.90 Å². The average Bonchev–Trinajstić information content (AvgIpc) is 3.27. The maximum Gasteiger partial charge on any atom is 0.254 e. The van der Waals surface area contributed by atoms with Gasteiger partial charge in [0.1, 0.15) is 0 Å². The summed E-state index contributed by atoms with van der Waals surface area (Å²) in [5.74, 6) is -0.0134. The molecule has 5 heteroatoms. The Morgan fingerprint density at radius 2 is 1.65 bits per heavy atom. The number of carbonyl (C=O) groups is 1. The van der Waals surface area contributed by atoms with Crippen molar-refractivity contribution in [3.63, 3.8) is 0 Å². The van der Waals surface area contributed by atoms with Gasteiger partial charge in [-0.25, -0.2) is 0 Å². The Labute approximate surface area is 136 Å². The highest BCUT2D eigenvalue weighted by atomic mass is 16.5. The summed E-state index contributed by atoms with van der Waals surface area (Å²) < 4.78 is 11.4. The molecule has 2 heterocycles. The highest BCUT2D eigenvalue weighted by molar-refractivity contribution is 5.94. The average molecular weight is 314 g/mol. The molecule has 0 N–H and O–H groups in total. The molecular formula is C18H22N2O3. The number of rotatable bonds is 5. The Morgan fingerprint density at radius 3 is 2.09 bits per heavy atom. The van der Waals surface area contributed by atoms with Gasteiger partial charge in [0.25, 0.3) is 5.91 Å². The molecule has 0 unspecified atom stereocenters. The molecule has 2 aliphatic heterocycles. The van der Waals surface area contributed by atoms with Crippen LogP contribution in [0.5, 0.6) is 0 Å². The highest BCUT2D eigenvalue weighted by Gasteiger charge is 2.27. The van der Waals surface area contributed by atoms with Crippen molar-refractivity contribution in [2.24, 2.45) is 0 Å². The Kier molecular flexibility index (Phi) is 5.27. The van der Waals surface area contributed by atoms with E-state index in [1.165, 1.54) is 0 Å². The van der Waals surface area contributed by atoms with Gasteiger partial charge in [-0.1, -0.05) is 0 Å². The van der Waals surface area contributed by atoms with Gasteiger partial charge in [0.2, 0.25) is 0 Å². The minimum absolute atomic E-state index is 0.0134. The SMILES string of the molecule is N#Cc1ccc(C(=O)N(C[C@H]2CCCO2)C[C@H]2CCCO2)cc1. The summed E-state index contributed by atoms with van der Waals surface area (Å²) in [6.45, 7) is 2.78. The van der Waals surface area contributed by atoms with E-state index in [1.807, 2.05) is 4.90 Å². The second kappa shape index (κ2) is 7.58. The maximum absolute atomic E-state index is 12.9. The lowest BCUT2D eigenvalue weighted by molar-refractivity contribution is 0.0307. The third-order valence-corrected chi connectivity index (χ3v) is 4.44. The molecule has 122 valence electrons. The van der Waals surface area contributed by atoms with E-state index < -0.39 is 0 Å². The minimum atomic E-state index is -0.0134. The number of ether oxygens (including phenoxy) is 2. The normalized spacial score (nSPS) is 23.6. The van der Waals surface area contributed by atoms with Gasteiger partial charge in [-0.2, -0.15) is 5.26 Å². The first-order valence-corrected chi connectivity index (χ1v) is 8.29. The first-order valence-electron chi connectivity index (χ1n) is 8.29. The number of hydrogen-bond acceptors (Lipinski definition) is 4. The Morgan fingerprint density at radius 1 is 1.09 bits per heavy atom. The second-order valence-corrected chi connectivity index (χ2v) is 6.17. The topological polar surface area (TPSA) is 62.6 Å². The predicted octanol–water partition coefficient (Wildman–Crippen LogP) is 2.36. The van der Waals surface area contributed by atoms with Crippen molar-refractivity contribution in [2.75, 3.05) is 26.3 Å². The number of hydrogen-bond donors (Lipinski definition) is 0. The molecule has 0 saturated carbocycles. The molecule has 0 aliphatic carbocycles. The maximum atomic E-state index is 12.9. The molecule has 0 radical (unpaired) electrons. The van der Waals surface area contributed by atoms with E-state index in [1.54, 1.807) is 24.3 Å². The summed E-state index contributed by atoms with van der Waals surface area (Å²) >= 11 is 0. The molecule has 1 aromatic carbocycles. The lowest BCUT2D eigenvalue weighted by Gasteiger charge is -2.28. The molecule has 23 heavy (non-hydrogen) atoms. The number of benzene rings is 1. The van der Waals surface area contributed by atoms with E-state index in [4.69, 9.17) is 14.7 Å². The van der Waals surface area contributed by atoms with Gasteiger partial charge in [0.15, 0.2) is 0 Å². The summed E-state index contributed by atoms with van der Waals surface area (Å²) in [6.07, 6.45) is 4.37. The van der Waals surface area contributed by atoms with Gasteiger partial charge in [0, 0.05) is 31.9 Å². The van der Waals surface area contributed by atoms with Crippen molar-refractivity contribution >= 4 is 5.91 Å². The van der Waals surface area contributed by atoms with Crippen LogP contribution in [-0.4, -0.2) is 49.3 Å². The first kappa shape index (κ1) is 16.0.